The standard InChI is InChI=1S/C12H10Br3NO3/c13-7-4-8(14)12(9(15)5-7)19-6-11(18)16-3-1-2-10(16)17/h4-5H,1-3,6H2. The van der Waals surface area contributed by atoms with Gasteiger partial charge in [-0.1, -0.05) is 15.9 Å². The van der Waals surface area contributed by atoms with Crippen molar-refractivity contribution in [2.45, 2.75) is 12.8 Å². The summed E-state index contributed by atoms with van der Waals surface area (Å²) in [4.78, 5) is 24.5. The van der Waals surface area contributed by atoms with Crippen LogP contribution in [0.3, 0.4) is 0 Å². The summed E-state index contributed by atoms with van der Waals surface area (Å²) < 4.78 is 7.84. The summed E-state index contributed by atoms with van der Waals surface area (Å²) in [7, 11) is 0. The Bertz CT molecular complexity index is 510. The van der Waals surface area contributed by atoms with E-state index in [0.29, 0.717) is 18.7 Å². The van der Waals surface area contributed by atoms with E-state index in [1.807, 2.05) is 12.1 Å². The van der Waals surface area contributed by atoms with Crippen LogP contribution in [0.5, 0.6) is 5.75 Å². The molecule has 4 nitrogen and oxygen atoms in total. The van der Waals surface area contributed by atoms with Gasteiger partial charge in [-0.2, -0.15) is 0 Å². The summed E-state index contributed by atoms with van der Waals surface area (Å²) in [6, 6.07) is 3.65. The molecule has 1 aromatic rings. The maximum Gasteiger partial charge on any atom is 0.267 e. The third kappa shape index (κ3) is 3.58. The lowest BCUT2D eigenvalue weighted by Crippen LogP contribution is -2.35. The summed E-state index contributed by atoms with van der Waals surface area (Å²) in [5.41, 5.74) is 0. The van der Waals surface area contributed by atoms with Gasteiger partial charge >= 0.3 is 0 Å². The van der Waals surface area contributed by atoms with Crippen LogP contribution in [0.4, 0.5) is 0 Å². The molecule has 0 spiro atoms. The zero-order chi connectivity index (χ0) is 14.0. The molecule has 0 saturated carbocycles. The molecular formula is C12H10Br3NO3. The highest BCUT2D eigenvalue weighted by Crippen LogP contribution is 2.36. The van der Waals surface area contributed by atoms with E-state index in [2.05, 4.69) is 47.8 Å². The minimum Gasteiger partial charge on any atom is -0.481 e. The fourth-order valence-electron chi connectivity index (χ4n) is 1.79. The van der Waals surface area contributed by atoms with E-state index in [9.17, 15) is 9.59 Å². The lowest BCUT2D eigenvalue weighted by molar-refractivity contribution is -0.143. The smallest absolute Gasteiger partial charge is 0.267 e. The van der Waals surface area contributed by atoms with Gasteiger partial charge in [-0.25, -0.2) is 0 Å². The predicted octanol–water partition coefficient (Wildman–Crippen LogP) is 3.50. The number of benzene rings is 1. The Morgan fingerprint density at radius 1 is 1.26 bits per heavy atom. The quantitative estimate of drug-likeness (QED) is 0.700. The third-order valence-corrected chi connectivity index (χ3v) is 4.31. The van der Waals surface area contributed by atoms with Crippen molar-refractivity contribution >= 4 is 59.6 Å². The van der Waals surface area contributed by atoms with Crippen molar-refractivity contribution in [1.29, 1.82) is 0 Å². The first-order valence-electron chi connectivity index (χ1n) is 5.59. The van der Waals surface area contributed by atoms with Crippen molar-refractivity contribution < 1.29 is 14.3 Å². The molecule has 1 aliphatic heterocycles. The molecule has 0 aliphatic carbocycles. The Morgan fingerprint density at radius 3 is 2.42 bits per heavy atom. The van der Waals surface area contributed by atoms with Crippen LogP contribution in [-0.2, 0) is 9.59 Å². The van der Waals surface area contributed by atoms with Crippen LogP contribution in [0.25, 0.3) is 0 Å². The lowest BCUT2D eigenvalue weighted by Gasteiger charge is -2.15. The fourth-order valence-corrected chi connectivity index (χ4v) is 4.28. The highest BCUT2D eigenvalue weighted by molar-refractivity contribution is 9.11. The van der Waals surface area contributed by atoms with Gasteiger partial charge in [-0.05, 0) is 50.4 Å². The lowest BCUT2D eigenvalue weighted by atomic mass is 10.3. The molecule has 1 aromatic carbocycles. The number of imide groups is 1. The number of rotatable bonds is 3. The third-order valence-electron chi connectivity index (χ3n) is 2.68. The van der Waals surface area contributed by atoms with E-state index in [-0.39, 0.29) is 18.4 Å². The van der Waals surface area contributed by atoms with Crippen molar-refractivity contribution in [2.75, 3.05) is 13.2 Å². The van der Waals surface area contributed by atoms with Gasteiger partial charge in [-0.3, -0.25) is 14.5 Å². The molecule has 2 rings (SSSR count). The highest BCUT2D eigenvalue weighted by atomic mass is 79.9. The molecule has 1 fully saturated rings. The number of likely N-dealkylation sites (tertiary alicyclic amines) is 1. The van der Waals surface area contributed by atoms with E-state index in [1.165, 1.54) is 4.90 Å². The molecule has 7 heteroatoms. The number of halogens is 3. The number of hydrogen-bond acceptors (Lipinski definition) is 3. The molecular weight excluding hydrogens is 446 g/mol. The maximum atomic E-state index is 11.9. The molecule has 1 saturated heterocycles. The number of hydrogen-bond donors (Lipinski definition) is 0. The number of carbonyl (C=O) groups is 2. The molecule has 1 heterocycles. The van der Waals surface area contributed by atoms with Crippen LogP contribution in [0.15, 0.2) is 25.6 Å². The first kappa shape index (κ1) is 15.0. The van der Waals surface area contributed by atoms with Crippen LogP contribution in [0.2, 0.25) is 0 Å². The number of amides is 2. The van der Waals surface area contributed by atoms with Gasteiger partial charge in [0.25, 0.3) is 5.91 Å². The molecule has 0 N–H and O–H groups in total. The Kier molecular flexibility index (Phi) is 5.03. The molecule has 102 valence electrons. The van der Waals surface area contributed by atoms with Crippen molar-refractivity contribution in [1.82, 2.24) is 4.90 Å². The maximum absolute atomic E-state index is 11.9. The van der Waals surface area contributed by atoms with Crippen molar-refractivity contribution in [3.05, 3.63) is 25.6 Å². The second kappa shape index (κ2) is 6.37. The average Bonchev–Trinajstić information content (AvgIpc) is 2.73. The molecule has 0 radical (unpaired) electrons. The van der Waals surface area contributed by atoms with Crippen molar-refractivity contribution in [2.24, 2.45) is 0 Å². The molecule has 0 atom stereocenters. The molecule has 0 bridgehead atoms. The summed E-state index contributed by atoms with van der Waals surface area (Å²) >= 11 is 10.1. The zero-order valence-corrected chi connectivity index (χ0v) is 14.5. The van der Waals surface area contributed by atoms with Gasteiger partial charge < -0.3 is 4.74 Å². The van der Waals surface area contributed by atoms with E-state index in [4.69, 9.17) is 4.74 Å². The van der Waals surface area contributed by atoms with Crippen molar-refractivity contribution in [3.63, 3.8) is 0 Å². The van der Waals surface area contributed by atoms with E-state index in [0.717, 1.165) is 19.8 Å². The first-order chi connectivity index (χ1) is 8.99. The Hall–Kier alpha value is -0.400. The fraction of sp³-hybridized carbons (Fsp3) is 0.333. The summed E-state index contributed by atoms with van der Waals surface area (Å²) in [5.74, 6) is 0.120. The van der Waals surface area contributed by atoms with E-state index < -0.39 is 0 Å². The molecule has 0 unspecified atom stereocenters. The second-order valence-electron chi connectivity index (χ2n) is 4.03. The topological polar surface area (TPSA) is 46.6 Å². The van der Waals surface area contributed by atoms with Crippen LogP contribution in [-0.4, -0.2) is 29.9 Å². The van der Waals surface area contributed by atoms with Gasteiger partial charge in [-0.15, -0.1) is 0 Å². The summed E-state index contributed by atoms with van der Waals surface area (Å²) in [6.45, 7) is 0.342. The van der Waals surface area contributed by atoms with Crippen LogP contribution in [0.1, 0.15) is 12.8 Å². The number of ether oxygens (including phenoxy) is 1. The second-order valence-corrected chi connectivity index (χ2v) is 6.65. The average molecular weight is 456 g/mol. The van der Waals surface area contributed by atoms with Gasteiger partial charge in [0.15, 0.2) is 6.61 Å². The van der Waals surface area contributed by atoms with Gasteiger partial charge in [0.05, 0.1) is 8.95 Å². The normalized spacial score (nSPS) is 14.9. The SMILES string of the molecule is O=C1CCCN1C(=O)COc1c(Br)cc(Br)cc1Br. The molecule has 2 amide bonds. The van der Waals surface area contributed by atoms with Crippen molar-refractivity contribution in [3.8, 4) is 5.75 Å². The van der Waals surface area contributed by atoms with Gasteiger partial charge in [0.1, 0.15) is 5.75 Å². The number of nitrogens with zero attached hydrogens (tertiary/aromatic N) is 1. The summed E-state index contributed by atoms with van der Waals surface area (Å²) in [5, 5.41) is 0. The minimum atomic E-state index is -0.302. The zero-order valence-electron chi connectivity index (χ0n) is 9.79. The Labute approximate surface area is 135 Å². The van der Waals surface area contributed by atoms with Gasteiger partial charge in [0, 0.05) is 17.4 Å². The Morgan fingerprint density at radius 2 is 1.89 bits per heavy atom. The molecule has 0 aromatic heterocycles. The Balaban J connectivity index is 2.03. The number of carbonyl (C=O) groups excluding carboxylic acids is 2. The molecule has 19 heavy (non-hydrogen) atoms. The van der Waals surface area contributed by atoms with Crippen LogP contribution < -0.4 is 4.74 Å². The summed E-state index contributed by atoms with van der Waals surface area (Å²) in [6.07, 6.45) is 1.17. The molecule has 1 aliphatic rings. The van der Waals surface area contributed by atoms with E-state index in [1.54, 1.807) is 0 Å². The first-order valence-corrected chi connectivity index (χ1v) is 7.97. The monoisotopic (exact) mass is 453 g/mol. The van der Waals surface area contributed by atoms with Crippen LogP contribution in [0, 0.1) is 0 Å². The van der Waals surface area contributed by atoms with E-state index >= 15 is 0 Å². The minimum absolute atomic E-state index is 0.123. The van der Waals surface area contributed by atoms with Crippen LogP contribution >= 0.6 is 47.8 Å². The predicted molar refractivity (Wildman–Crippen MR) is 81.0 cm³/mol. The largest absolute Gasteiger partial charge is 0.481 e. The van der Waals surface area contributed by atoms with Gasteiger partial charge in [0.2, 0.25) is 5.91 Å². The highest BCUT2D eigenvalue weighted by Gasteiger charge is 2.26.